The van der Waals surface area contributed by atoms with Crippen LogP contribution < -0.4 is 10.6 Å². The van der Waals surface area contributed by atoms with Gasteiger partial charge >= 0.3 is 0 Å². The molecule has 0 atom stereocenters. The molecule has 8 bridgehead atoms. The summed E-state index contributed by atoms with van der Waals surface area (Å²) >= 11 is 0. The van der Waals surface area contributed by atoms with E-state index in [4.69, 9.17) is 0 Å². The molecular formula is C36H42N2O2. The topological polar surface area (TPSA) is 58.2 Å². The van der Waals surface area contributed by atoms with Crippen LogP contribution in [-0.4, -0.2) is 11.8 Å². The highest BCUT2D eigenvalue weighted by Gasteiger charge is 2.55. The fourth-order valence-electron chi connectivity index (χ4n) is 10.9. The first-order valence-corrected chi connectivity index (χ1v) is 15.9. The summed E-state index contributed by atoms with van der Waals surface area (Å²) in [4.78, 5) is 26.7. The smallest absolute Gasteiger partial charge is 0.230 e. The van der Waals surface area contributed by atoms with Gasteiger partial charge in [0.05, 0.1) is 10.8 Å². The Morgan fingerprint density at radius 1 is 0.500 bits per heavy atom. The van der Waals surface area contributed by atoms with Crippen LogP contribution in [0.15, 0.2) is 48.5 Å². The van der Waals surface area contributed by atoms with Crippen LogP contribution in [0.3, 0.4) is 0 Å². The first kappa shape index (κ1) is 24.9. The Kier molecular flexibility index (Phi) is 5.80. The Labute approximate surface area is 238 Å². The SMILES string of the molecule is O=C(Nc1ccc(/C=C\c2ccc(NC(=O)C34CC5CC(CC(C5)C3)C4)cc2)cc1)C12CC3CC(CC(C3)C1)C2. The van der Waals surface area contributed by atoms with E-state index in [0.717, 1.165) is 96.5 Å². The molecule has 10 rings (SSSR count). The molecule has 2 amide bonds. The van der Waals surface area contributed by atoms with Gasteiger partial charge in [-0.2, -0.15) is 0 Å². The highest BCUT2D eigenvalue weighted by molar-refractivity contribution is 5.96. The molecule has 8 saturated carbocycles. The summed E-state index contributed by atoms with van der Waals surface area (Å²) in [6, 6.07) is 16.4. The number of carbonyl (C=O) groups is 2. The van der Waals surface area contributed by atoms with E-state index in [9.17, 15) is 9.59 Å². The van der Waals surface area contributed by atoms with Crippen molar-refractivity contribution in [3.05, 3.63) is 59.7 Å². The highest BCUT2D eigenvalue weighted by Crippen LogP contribution is 2.61. The third kappa shape index (κ3) is 4.43. The molecule has 0 aromatic heterocycles. The number of amides is 2. The number of anilines is 2. The largest absolute Gasteiger partial charge is 0.326 e. The Morgan fingerprint density at radius 3 is 1.05 bits per heavy atom. The van der Waals surface area contributed by atoms with Crippen LogP contribution in [0.2, 0.25) is 0 Å². The normalized spacial score (nSPS) is 38.6. The predicted octanol–water partition coefficient (Wildman–Crippen LogP) is 8.17. The summed E-state index contributed by atoms with van der Waals surface area (Å²) in [5.41, 5.74) is 3.77. The second-order valence-electron chi connectivity index (χ2n) is 14.9. The number of rotatable bonds is 6. The average Bonchev–Trinajstić information content (AvgIpc) is 2.92. The Hall–Kier alpha value is -2.88. The molecule has 4 nitrogen and oxygen atoms in total. The summed E-state index contributed by atoms with van der Waals surface area (Å²) in [5.74, 6) is 5.16. The van der Waals surface area contributed by atoms with Gasteiger partial charge in [-0.1, -0.05) is 36.4 Å². The Morgan fingerprint density at radius 2 is 0.775 bits per heavy atom. The fraction of sp³-hybridized carbons (Fsp3) is 0.556. The number of carbonyl (C=O) groups excluding carboxylic acids is 2. The number of hydrogen-bond acceptors (Lipinski definition) is 2. The monoisotopic (exact) mass is 534 g/mol. The van der Waals surface area contributed by atoms with Crippen molar-refractivity contribution in [1.29, 1.82) is 0 Å². The van der Waals surface area contributed by atoms with Crippen molar-refractivity contribution in [2.24, 2.45) is 46.3 Å². The molecule has 0 saturated heterocycles. The van der Waals surface area contributed by atoms with Gasteiger partial charge in [0.25, 0.3) is 0 Å². The number of hydrogen-bond donors (Lipinski definition) is 2. The standard InChI is InChI=1S/C36H42N2O2/c39-33(35-17-25-11-26(18-35)13-27(12-25)19-35)37-31-7-3-23(4-8-31)1-2-24-5-9-32(10-6-24)38-34(40)36-20-28-14-29(21-36)16-30(15-28)22-36/h1-10,25-30H,11-22H2,(H,37,39)(H,38,40)/b2-1-. The maximum absolute atomic E-state index is 13.4. The lowest BCUT2D eigenvalue weighted by Crippen LogP contribution is -2.51. The summed E-state index contributed by atoms with van der Waals surface area (Å²) in [6.45, 7) is 0. The second-order valence-corrected chi connectivity index (χ2v) is 14.9. The zero-order chi connectivity index (χ0) is 26.9. The summed E-state index contributed by atoms with van der Waals surface area (Å²) < 4.78 is 0. The molecule has 2 N–H and O–H groups in total. The van der Waals surface area contributed by atoms with Gasteiger partial charge in [-0.25, -0.2) is 0 Å². The van der Waals surface area contributed by atoms with Crippen LogP contribution in [0.1, 0.15) is 88.2 Å². The lowest BCUT2D eigenvalue weighted by Gasteiger charge is -2.55. The van der Waals surface area contributed by atoms with E-state index in [1.165, 1.54) is 38.5 Å². The molecule has 0 heterocycles. The summed E-state index contributed by atoms with van der Waals surface area (Å²) in [5, 5.41) is 6.53. The fourth-order valence-corrected chi connectivity index (χ4v) is 10.9. The minimum absolute atomic E-state index is 0.117. The molecule has 0 spiro atoms. The van der Waals surface area contributed by atoms with Crippen molar-refractivity contribution in [1.82, 2.24) is 0 Å². The third-order valence-corrected chi connectivity index (χ3v) is 11.8. The van der Waals surface area contributed by atoms with E-state index >= 15 is 0 Å². The van der Waals surface area contributed by atoms with Gasteiger partial charge in [0.2, 0.25) is 11.8 Å². The maximum atomic E-state index is 13.4. The Balaban J connectivity index is 0.874. The van der Waals surface area contributed by atoms with Gasteiger partial charge in [0, 0.05) is 11.4 Å². The predicted molar refractivity (Wildman–Crippen MR) is 160 cm³/mol. The third-order valence-electron chi connectivity index (χ3n) is 11.8. The van der Waals surface area contributed by atoms with E-state index < -0.39 is 0 Å². The molecule has 2 aromatic rings. The molecule has 8 aliphatic rings. The zero-order valence-corrected chi connectivity index (χ0v) is 23.5. The van der Waals surface area contributed by atoms with E-state index in [0.29, 0.717) is 0 Å². The van der Waals surface area contributed by atoms with Crippen molar-refractivity contribution in [2.45, 2.75) is 77.0 Å². The van der Waals surface area contributed by atoms with Crippen molar-refractivity contribution < 1.29 is 9.59 Å². The molecule has 8 aliphatic carbocycles. The zero-order valence-electron chi connectivity index (χ0n) is 23.5. The molecule has 208 valence electrons. The lowest BCUT2D eigenvalue weighted by molar-refractivity contribution is -0.141. The quantitative estimate of drug-likeness (QED) is 0.367. The van der Waals surface area contributed by atoms with Gasteiger partial charge in [-0.05, 0) is 148 Å². The first-order valence-electron chi connectivity index (χ1n) is 15.9. The van der Waals surface area contributed by atoms with Crippen LogP contribution >= 0.6 is 0 Å². The van der Waals surface area contributed by atoms with Gasteiger partial charge < -0.3 is 10.6 Å². The first-order chi connectivity index (χ1) is 19.4. The summed E-state index contributed by atoms with van der Waals surface area (Å²) in [7, 11) is 0. The van der Waals surface area contributed by atoms with E-state index in [1.54, 1.807) is 0 Å². The number of nitrogens with one attached hydrogen (secondary N) is 2. The molecular weight excluding hydrogens is 492 g/mol. The molecule has 0 radical (unpaired) electrons. The van der Waals surface area contributed by atoms with Gasteiger partial charge in [0.15, 0.2) is 0 Å². The molecule has 2 aromatic carbocycles. The van der Waals surface area contributed by atoms with Crippen molar-refractivity contribution in [3.8, 4) is 0 Å². The van der Waals surface area contributed by atoms with E-state index in [-0.39, 0.29) is 22.6 Å². The lowest BCUT2D eigenvalue weighted by atomic mass is 9.49. The average molecular weight is 535 g/mol. The van der Waals surface area contributed by atoms with Gasteiger partial charge in [-0.15, -0.1) is 0 Å². The van der Waals surface area contributed by atoms with Crippen LogP contribution in [-0.2, 0) is 9.59 Å². The second kappa shape index (κ2) is 9.33. The van der Waals surface area contributed by atoms with Gasteiger partial charge in [0.1, 0.15) is 0 Å². The maximum Gasteiger partial charge on any atom is 0.230 e. The molecule has 4 heteroatoms. The minimum atomic E-state index is -0.117. The van der Waals surface area contributed by atoms with Crippen LogP contribution in [0, 0.1) is 46.3 Å². The molecule has 0 aliphatic heterocycles. The number of benzene rings is 2. The minimum Gasteiger partial charge on any atom is -0.326 e. The van der Waals surface area contributed by atoms with Crippen LogP contribution in [0.5, 0.6) is 0 Å². The van der Waals surface area contributed by atoms with Crippen molar-refractivity contribution in [2.75, 3.05) is 10.6 Å². The Bertz CT molecular complexity index is 1160. The van der Waals surface area contributed by atoms with Crippen LogP contribution in [0.25, 0.3) is 12.2 Å². The van der Waals surface area contributed by atoms with E-state index in [1.807, 2.05) is 24.3 Å². The molecule has 0 unspecified atom stereocenters. The molecule has 8 fully saturated rings. The van der Waals surface area contributed by atoms with Crippen molar-refractivity contribution >= 4 is 35.3 Å². The highest BCUT2D eigenvalue weighted by atomic mass is 16.2. The van der Waals surface area contributed by atoms with E-state index in [2.05, 4.69) is 47.1 Å². The van der Waals surface area contributed by atoms with Crippen molar-refractivity contribution in [3.63, 3.8) is 0 Å². The summed E-state index contributed by atoms with van der Waals surface area (Å²) in [6.07, 6.45) is 18.9. The molecule has 40 heavy (non-hydrogen) atoms. The van der Waals surface area contributed by atoms with Crippen LogP contribution in [0.4, 0.5) is 11.4 Å². The van der Waals surface area contributed by atoms with Gasteiger partial charge in [-0.3, -0.25) is 9.59 Å².